The van der Waals surface area contributed by atoms with E-state index < -0.39 is 29.9 Å². The van der Waals surface area contributed by atoms with Crippen LogP contribution in [-0.2, 0) is 9.53 Å². The Labute approximate surface area is 148 Å². The Bertz CT molecular complexity index is 776. The van der Waals surface area contributed by atoms with Crippen molar-refractivity contribution in [3.8, 4) is 11.5 Å². The van der Waals surface area contributed by atoms with Crippen LogP contribution in [0.2, 0.25) is 5.02 Å². The fourth-order valence-corrected chi connectivity index (χ4v) is 2.23. The number of methoxy groups -OCH3 is 2. The molecule has 8 heteroatoms. The Morgan fingerprint density at radius 3 is 2.56 bits per heavy atom. The first-order valence-corrected chi connectivity index (χ1v) is 7.47. The molecule has 0 spiro atoms. The van der Waals surface area contributed by atoms with Crippen molar-refractivity contribution in [3.63, 3.8) is 0 Å². The average Bonchev–Trinajstić information content (AvgIpc) is 2.59. The van der Waals surface area contributed by atoms with E-state index in [9.17, 15) is 14.0 Å². The number of hydrogen-bond donors (Lipinski definition) is 1. The topological polar surface area (TPSA) is 73.9 Å². The number of rotatable bonds is 6. The summed E-state index contributed by atoms with van der Waals surface area (Å²) in [6.45, 7) is -0.621. The van der Waals surface area contributed by atoms with Crippen molar-refractivity contribution in [3.05, 3.63) is 52.8 Å². The number of benzene rings is 2. The fourth-order valence-electron chi connectivity index (χ4n) is 1.99. The number of halogens is 2. The van der Waals surface area contributed by atoms with Gasteiger partial charge in [0, 0.05) is 6.07 Å². The molecule has 0 heterocycles. The van der Waals surface area contributed by atoms with Crippen LogP contribution in [0.4, 0.5) is 10.1 Å². The molecule has 0 atom stereocenters. The molecule has 0 aliphatic heterocycles. The molecule has 0 bridgehead atoms. The van der Waals surface area contributed by atoms with Gasteiger partial charge in [-0.2, -0.15) is 0 Å². The minimum absolute atomic E-state index is 0.0973. The first kappa shape index (κ1) is 18.5. The molecule has 0 aliphatic rings. The Balaban J connectivity index is 2.03. The molecule has 2 aromatic carbocycles. The summed E-state index contributed by atoms with van der Waals surface area (Å²) in [7, 11) is 2.92. The highest BCUT2D eigenvalue weighted by atomic mass is 35.5. The average molecular weight is 368 g/mol. The van der Waals surface area contributed by atoms with Gasteiger partial charge in [0.15, 0.2) is 6.61 Å². The quantitative estimate of drug-likeness (QED) is 0.793. The number of carbonyl (C=O) groups excluding carboxylic acids is 2. The smallest absolute Gasteiger partial charge is 0.343 e. The lowest BCUT2D eigenvalue weighted by Crippen LogP contribution is -2.21. The van der Waals surface area contributed by atoms with E-state index in [1.807, 2.05) is 0 Å². The first-order chi connectivity index (χ1) is 12.0. The van der Waals surface area contributed by atoms with E-state index >= 15 is 0 Å². The van der Waals surface area contributed by atoms with E-state index in [-0.39, 0.29) is 5.02 Å². The molecular weight excluding hydrogens is 353 g/mol. The normalized spacial score (nSPS) is 10.1. The number of anilines is 1. The Morgan fingerprint density at radius 1 is 1.16 bits per heavy atom. The predicted octanol–water partition coefficient (Wildman–Crippen LogP) is 3.29. The van der Waals surface area contributed by atoms with Crippen molar-refractivity contribution in [2.24, 2.45) is 0 Å². The summed E-state index contributed by atoms with van der Waals surface area (Å²) >= 11 is 5.77. The van der Waals surface area contributed by atoms with E-state index in [1.54, 1.807) is 18.2 Å². The number of amides is 1. The molecule has 0 saturated carbocycles. The van der Waals surface area contributed by atoms with E-state index in [1.165, 1.54) is 26.4 Å². The van der Waals surface area contributed by atoms with Gasteiger partial charge in [-0.15, -0.1) is 0 Å². The van der Waals surface area contributed by atoms with Crippen LogP contribution < -0.4 is 14.8 Å². The van der Waals surface area contributed by atoms with Crippen molar-refractivity contribution in [2.75, 3.05) is 26.1 Å². The molecule has 25 heavy (non-hydrogen) atoms. The summed E-state index contributed by atoms with van der Waals surface area (Å²) in [5.74, 6) is -1.58. The molecule has 2 aromatic rings. The third-order valence-corrected chi connectivity index (χ3v) is 3.50. The van der Waals surface area contributed by atoms with Crippen LogP contribution in [0.15, 0.2) is 36.4 Å². The number of nitrogens with one attached hydrogen (secondary N) is 1. The van der Waals surface area contributed by atoms with Gasteiger partial charge in [0.05, 0.1) is 24.9 Å². The Morgan fingerprint density at radius 2 is 1.92 bits per heavy atom. The number of carbonyl (C=O) groups is 2. The van der Waals surface area contributed by atoms with Gasteiger partial charge in [0.25, 0.3) is 5.91 Å². The number of hydrogen-bond acceptors (Lipinski definition) is 5. The monoisotopic (exact) mass is 367 g/mol. The van der Waals surface area contributed by atoms with Crippen molar-refractivity contribution in [1.82, 2.24) is 0 Å². The van der Waals surface area contributed by atoms with Gasteiger partial charge in [-0.1, -0.05) is 17.7 Å². The molecule has 0 aliphatic carbocycles. The largest absolute Gasteiger partial charge is 0.497 e. The van der Waals surface area contributed by atoms with Crippen LogP contribution in [0.3, 0.4) is 0 Å². The molecule has 0 aromatic heterocycles. The molecule has 0 saturated heterocycles. The Hall–Kier alpha value is -2.80. The van der Waals surface area contributed by atoms with Crippen molar-refractivity contribution >= 4 is 29.2 Å². The maximum absolute atomic E-state index is 13.6. The van der Waals surface area contributed by atoms with Crippen molar-refractivity contribution in [2.45, 2.75) is 0 Å². The maximum Gasteiger partial charge on any atom is 0.343 e. The van der Waals surface area contributed by atoms with Crippen molar-refractivity contribution < 1.29 is 28.2 Å². The third-order valence-electron chi connectivity index (χ3n) is 3.18. The highest BCUT2D eigenvalue weighted by Crippen LogP contribution is 2.28. The second-order valence-electron chi connectivity index (χ2n) is 4.79. The lowest BCUT2D eigenvalue weighted by Gasteiger charge is -2.12. The summed E-state index contributed by atoms with van der Waals surface area (Å²) in [6.07, 6.45) is 0. The molecular formula is C17H15ClFNO5. The highest BCUT2D eigenvalue weighted by molar-refractivity contribution is 6.33. The van der Waals surface area contributed by atoms with Gasteiger partial charge in [-0.3, -0.25) is 4.79 Å². The fraction of sp³-hybridized carbons (Fsp3) is 0.176. The summed E-state index contributed by atoms with van der Waals surface area (Å²) < 4.78 is 28.6. The van der Waals surface area contributed by atoms with Gasteiger partial charge < -0.3 is 19.5 Å². The van der Waals surface area contributed by atoms with Gasteiger partial charge in [0.2, 0.25) is 0 Å². The van der Waals surface area contributed by atoms with Crippen LogP contribution in [-0.4, -0.2) is 32.7 Å². The van der Waals surface area contributed by atoms with E-state index in [0.29, 0.717) is 17.2 Å². The zero-order chi connectivity index (χ0) is 18.4. The second-order valence-corrected chi connectivity index (χ2v) is 5.19. The Kier molecular flexibility index (Phi) is 6.19. The molecule has 132 valence electrons. The van der Waals surface area contributed by atoms with Crippen LogP contribution in [0.1, 0.15) is 10.4 Å². The maximum atomic E-state index is 13.6. The van der Waals surface area contributed by atoms with E-state index in [4.69, 9.17) is 25.8 Å². The summed E-state index contributed by atoms with van der Waals surface area (Å²) in [4.78, 5) is 23.9. The summed E-state index contributed by atoms with van der Waals surface area (Å²) in [5.41, 5.74) is -0.0808. The standard InChI is InChI=1S/C17H15ClFNO5/c1-23-10-6-7-14(24-2)13(8-10)20-15(21)9-25-17(22)16-11(18)4-3-5-12(16)19/h3-8H,9H2,1-2H3,(H,20,21). The molecule has 6 nitrogen and oxygen atoms in total. The van der Waals surface area contributed by atoms with Crippen LogP contribution in [0.25, 0.3) is 0 Å². The van der Waals surface area contributed by atoms with Crippen LogP contribution in [0.5, 0.6) is 11.5 Å². The predicted molar refractivity (Wildman–Crippen MR) is 89.9 cm³/mol. The zero-order valence-corrected chi connectivity index (χ0v) is 14.2. The minimum atomic E-state index is -1.03. The molecule has 2 rings (SSSR count). The second kappa shape index (κ2) is 8.34. The summed E-state index contributed by atoms with van der Waals surface area (Å²) in [6, 6.07) is 8.60. The van der Waals surface area contributed by atoms with Crippen molar-refractivity contribution in [1.29, 1.82) is 0 Å². The van der Waals surface area contributed by atoms with Gasteiger partial charge in [-0.25, -0.2) is 9.18 Å². The zero-order valence-electron chi connectivity index (χ0n) is 13.5. The van der Waals surface area contributed by atoms with E-state index in [2.05, 4.69) is 5.32 Å². The molecule has 1 amide bonds. The highest BCUT2D eigenvalue weighted by Gasteiger charge is 2.19. The molecule has 0 fully saturated rings. The van der Waals surface area contributed by atoms with Gasteiger partial charge >= 0.3 is 5.97 Å². The van der Waals surface area contributed by atoms with Crippen LogP contribution >= 0.6 is 11.6 Å². The lowest BCUT2D eigenvalue weighted by atomic mass is 10.2. The minimum Gasteiger partial charge on any atom is -0.497 e. The molecule has 0 radical (unpaired) electrons. The number of esters is 1. The first-order valence-electron chi connectivity index (χ1n) is 7.09. The SMILES string of the molecule is COc1ccc(OC)c(NC(=O)COC(=O)c2c(F)cccc2Cl)c1. The van der Waals surface area contributed by atoms with E-state index in [0.717, 1.165) is 6.07 Å². The summed E-state index contributed by atoms with van der Waals surface area (Å²) in [5, 5.41) is 2.43. The lowest BCUT2D eigenvalue weighted by molar-refractivity contribution is -0.119. The third kappa shape index (κ3) is 4.60. The number of ether oxygens (including phenoxy) is 3. The molecule has 0 unspecified atom stereocenters. The van der Waals surface area contributed by atoms with Gasteiger partial charge in [-0.05, 0) is 24.3 Å². The van der Waals surface area contributed by atoms with Gasteiger partial charge in [0.1, 0.15) is 22.9 Å². The van der Waals surface area contributed by atoms with Crippen LogP contribution in [0, 0.1) is 5.82 Å². The molecule has 1 N–H and O–H groups in total.